The van der Waals surface area contributed by atoms with Gasteiger partial charge >= 0.3 is 6.16 Å². The van der Waals surface area contributed by atoms with Crippen LogP contribution in [0.5, 0.6) is 11.5 Å². The lowest BCUT2D eigenvalue weighted by molar-refractivity contribution is 0.0957. The summed E-state index contributed by atoms with van der Waals surface area (Å²) in [7, 11) is 0. The van der Waals surface area contributed by atoms with E-state index in [1.165, 1.54) is 12.4 Å². The van der Waals surface area contributed by atoms with Gasteiger partial charge in [0.1, 0.15) is 21.8 Å². The first kappa shape index (κ1) is 32.4. The number of carbonyl (C=O) groups is 3. The molecule has 2 heterocycles. The number of anilines is 2. The number of carbonyl (C=O) groups excluding carboxylic acids is 3. The molecule has 4 aromatic rings. The van der Waals surface area contributed by atoms with Crippen LogP contribution in [0.25, 0.3) is 0 Å². The van der Waals surface area contributed by atoms with Crippen molar-refractivity contribution in [3.05, 3.63) is 107 Å². The van der Waals surface area contributed by atoms with E-state index < -0.39 is 17.2 Å². The van der Waals surface area contributed by atoms with Crippen LogP contribution in [0.15, 0.2) is 85.2 Å². The van der Waals surface area contributed by atoms with Crippen molar-refractivity contribution in [1.29, 1.82) is 0 Å². The quantitative estimate of drug-likeness (QED) is 0.119. The number of pyridine rings is 2. The molecule has 0 bridgehead atoms. The van der Waals surface area contributed by atoms with Crippen LogP contribution in [0.3, 0.4) is 0 Å². The number of amides is 2. The van der Waals surface area contributed by atoms with Gasteiger partial charge < -0.3 is 19.3 Å². The van der Waals surface area contributed by atoms with E-state index in [0.717, 1.165) is 0 Å². The van der Waals surface area contributed by atoms with Gasteiger partial charge in [0.05, 0.1) is 11.1 Å². The van der Waals surface area contributed by atoms with E-state index >= 15 is 0 Å². The molecule has 9 nitrogen and oxygen atoms in total. The second-order valence-corrected chi connectivity index (χ2v) is 12.5. The first-order valence-electron chi connectivity index (χ1n) is 13.7. The van der Waals surface area contributed by atoms with Gasteiger partial charge in [-0.2, -0.15) is 0 Å². The Morgan fingerprint density at radius 1 is 0.591 bits per heavy atom. The first-order chi connectivity index (χ1) is 20.7. The zero-order chi connectivity index (χ0) is 32.2. The monoisotopic (exact) mass is 634 g/mol. The summed E-state index contributed by atoms with van der Waals surface area (Å²) in [6.07, 6.45) is 2.08. The van der Waals surface area contributed by atoms with E-state index in [1.54, 1.807) is 82.6 Å². The largest absolute Gasteiger partial charge is 0.519 e. The van der Waals surface area contributed by atoms with E-state index in [0.29, 0.717) is 11.4 Å². The van der Waals surface area contributed by atoms with Gasteiger partial charge in [-0.1, -0.05) is 23.2 Å². The molecule has 0 N–H and O–H groups in total. The summed E-state index contributed by atoms with van der Waals surface area (Å²) in [4.78, 5) is 50.6. The highest BCUT2D eigenvalue weighted by atomic mass is 35.5. The van der Waals surface area contributed by atoms with E-state index in [2.05, 4.69) is 9.97 Å². The molecule has 0 aliphatic carbocycles. The molecule has 2 aromatic carbocycles. The van der Waals surface area contributed by atoms with Crippen LogP contribution in [-0.2, 0) is 0 Å². The predicted octanol–water partition coefficient (Wildman–Crippen LogP) is 8.25. The van der Waals surface area contributed by atoms with Crippen molar-refractivity contribution >= 4 is 52.5 Å². The zero-order valence-electron chi connectivity index (χ0n) is 25.2. The Morgan fingerprint density at radius 3 is 1.23 bits per heavy atom. The molecule has 0 aliphatic heterocycles. The highest BCUT2D eigenvalue weighted by Crippen LogP contribution is 2.31. The Balaban J connectivity index is 1.46. The third kappa shape index (κ3) is 7.53. The average Bonchev–Trinajstić information content (AvgIpc) is 2.94. The summed E-state index contributed by atoms with van der Waals surface area (Å²) in [5.41, 5.74) is 0.501. The summed E-state index contributed by atoms with van der Waals surface area (Å²) >= 11 is 12.4. The smallest absolute Gasteiger partial charge is 0.395 e. The summed E-state index contributed by atoms with van der Waals surface area (Å²) in [6.45, 7) is 11.4. The minimum absolute atomic E-state index is 0.109. The molecule has 0 saturated heterocycles. The van der Waals surface area contributed by atoms with E-state index in [1.807, 2.05) is 41.5 Å². The third-order valence-electron chi connectivity index (χ3n) is 6.32. The summed E-state index contributed by atoms with van der Waals surface area (Å²) < 4.78 is 10.7. The standard InChI is InChI=1S/C33H32Cl2N4O5/c1-32(2,3)38(29(40)25-9-7-19-36-27(25)34)21-11-15-23(16-12-21)43-31(42)44-24-17-13-22(14-18-24)39(33(4,5)6)30(41)26-10-8-20-37-28(26)35/h7-20H,1-6H3. The van der Waals surface area contributed by atoms with Crippen molar-refractivity contribution in [3.8, 4) is 11.5 Å². The molecule has 11 heteroatoms. The minimum Gasteiger partial charge on any atom is -0.395 e. The van der Waals surface area contributed by atoms with Crippen LogP contribution in [0.2, 0.25) is 10.3 Å². The van der Waals surface area contributed by atoms with Crippen molar-refractivity contribution in [2.24, 2.45) is 0 Å². The van der Waals surface area contributed by atoms with Crippen molar-refractivity contribution in [3.63, 3.8) is 0 Å². The molecule has 0 atom stereocenters. The fraction of sp³-hybridized carbons (Fsp3) is 0.242. The Kier molecular flexibility index (Phi) is 9.61. The number of hydrogen-bond donors (Lipinski definition) is 0. The molecule has 2 aromatic heterocycles. The van der Waals surface area contributed by atoms with Gasteiger partial charge in [0, 0.05) is 34.8 Å². The maximum atomic E-state index is 13.4. The molecule has 0 fully saturated rings. The molecule has 0 saturated carbocycles. The van der Waals surface area contributed by atoms with Crippen LogP contribution in [0.1, 0.15) is 62.3 Å². The molecular weight excluding hydrogens is 603 g/mol. The Labute approximate surface area is 266 Å². The topological polar surface area (TPSA) is 102 Å². The highest BCUT2D eigenvalue weighted by Gasteiger charge is 2.32. The first-order valence-corrected chi connectivity index (χ1v) is 14.4. The normalized spacial score (nSPS) is 11.5. The molecule has 0 radical (unpaired) electrons. The molecule has 0 unspecified atom stereocenters. The molecule has 4 rings (SSSR count). The Hall–Kier alpha value is -4.47. The lowest BCUT2D eigenvalue weighted by atomic mass is 10.0. The average molecular weight is 636 g/mol. The fourth-order valence-electron chi connectivity index (χ4n) is 4.49. The maximum absolute atomic E-state index is 13.4. The SMILES string of the molecule is CC(C)(C)N(C(=O)c1cccnc1Cl)c1ccc(OC(=O)Oc2ccc(N(C(=O)c3cccnc3Cl)C(C)(C)C)cc2)cc1. The maximum Gasteiger partial charge on any atom is 0.519 e. The van der Waals surface area contributed by atoms with Gasteiger partial charge in [-0.15, -0.1) is 0 Å². The summed E-state index contributed by atoms with van der Waals surface area (Å²) in [5, 5.41) is 0.219. The molecular formula is C33H32Cl2N4O5. The number of rotatable bonds is 6. The van der Waals surface area contributed by atoms with E-state index in [4.69, 9.17) is 32.7 Å². The minimum atomic E-state index is -0.956. The van der Waals surface area contributed by atoms with Crippen LogP contribution in [0.4, 0.5) is 16.2 Å². The van der Waals surface area contributed by atoms with Crippen molar-refractivity contribution in [2.45, 2.75) is 52.6 Å². The lowest BCUT2D eigenvalue weighted by Crippen LogP contribution is -2.46. The van der Waals surface area contributed by atoms with Gasteiger partial charge in [0.25, 0.3) is 11.8 Å². The van der Waals surface area contributed by atoms with Gasteiger partial charge in [-0.3, -0.25) is 9.59 Å². The van der Waals surface area contributed by atoms with Crippen LogP contribution in [-0.4, -0.2) is 39.0 Å². The summed E-state index contributed by atoms with van der Waals surface area (Å²) in [5.74, 6) is -0.201. The molecule has 0 spiro atoms. The van der Waals surface area contributed by atoms with Crippen LogP contribution >= 0.6 is 23.2 Å². The van der Waals surface area contributed by atoms with E-state index in [9.17, 15) is 14.4 Å². The van der Waals surface area contributed by atoms with Crippen molar-refractivity contribution in [1.82, 2.24) is 9.97 Å². The number of aromatic nitrogens is 2. The van der Waals surface area contributed by atoms with Gasteiger partial charge in [-0.05, 0) is 114 Å². The second-order valence-electron chi connectivity index (χ2n) is 11.7. The summed E-state index contributed by atoms with van der Waals surface area (Å²) in [6, 6.07) is 19.4. The number of hydrogen-bond acceptors (Lipinski definition) is 7. The number of ether oxygens (including phenoxy) is 2. The van der Waals surface area contributed by atoms with Gasteiger partial charge in [0.2, 0.25) is 0 Å². The zero-order valence-corrected chi connectivity index (χ0v) is 26.7. The number of nitrogens with zero attached hydrogens (tertiary/aromatic N) is 4. The molecule has 2 amide bonds. The molecule has 0 aliphatic rings. The van der Waals surface area contributed by atoms with Crippen LogP contribution < -0.4 is 19.3 Å². The molecule has 228 valence electrons. The number of benzene rings is 2. The lowest BCUT2D eigenvalue weighted by Gasteiger charge is -2.36. The van der Waals surface area contributed by atoms with Crippen molar-refractivity contribution in [2.75, 3.05) is 9.80 Å². The highest BCUT2D eigenvalue weighted by molar-refractivity contribution is 6.34. The number of halogens is 2. The molecule has 44 heavy (non-hydrogen) atoms. The van der Waals surface area contributed by atoms with Crippen molar-refractivity contribution < 1.29 is 23.9 Å². The second kappa shape index (κ2) is 13.0. The van der Waals surface area contributed by atoms with Crippen LogP contribution in [0, 0.1) is 0 Å². The predicted molar refractivity (Wildman–Crippen MR) is 171 cm³/mol. The van der Waals surface area contributed by atoms with Gasteiger partial charge in [0.15, 0.2) is 0 Å². The Bertz CT molecular complexity index is 1540. The van der Waals surface area contributed by atoms with E-state index in [-0.39, 0.29) is 44.7 Å². The third-order valence-corrected chi connectivity index (χ3v) is 6.92. The fourth-order valence-corrected chi connectivity index (χ4v) is 4.89. The van der Waals surface area contributed by atoms with Gasteiger partial charge in [-0.25, -0.2) is 14.8 Å². The Morgan fingerprint density at radius 2 is 0.932 bits per heavy atom.